The van der Waals surface area contributed by atoms with Gasteiger partial charge in [-0.05, 0) is 56.2 Å². The number of amides is 1. The van der Waals surface area contributed by atoms with Crippen LogP contribution >= 0.6 is 0 Å². The smallest absolute Gasteiger partial charge is 0.251 e. The van der Waals surface area contributed by atoms with Crippen LogP contribution in [0.5, 0.6) is 5.75 Å². The maximum absolute atomic E-state index is 12.0. The van der Waals surface area contributed by atoms with Gasteiger partial charge in [0.25, 0.3) is 5.91 Å². The fourth-order valence-corrected chi connectivity index (χ4v) is 2.94. The summed E-state index contributed by atoms with van der Waals surface area (Å²) >= 11 is 0. The Labute approximate surface area is 126 Å². The van der Waals surface area contributed by atoms with Gasteiger partial charge in [0.05, 0.1) is 6.10 Å². The van der Waals surface area contributed by atoms with E-state index in [-0.39, 0.29) is 17.8 Å². The first-order valence-corrected chi connectivity index (χ1v) is 7.84. The summed E-state index contributed by atoms with van der Waals surface area (Å²) in [6.07, 6.45) is 6.03. The zero-order valence-corrected chi connectivity index (χ0v) is 12.6. The van der Waals surface area contributed by atoms with Gasteiger partial charge < -0.3 is 15.5 Å². The molecular weight excluding hydrogens is 266 g/mol. The molecule has 2 unspecified atom stereocenters. The number of benzene rings is 1. The summed E-state index contributed by atoms with van der Waals surface area (Å²) < 4.78 is 0. The van der Waals surface area contributed by atoms with Gasteiger partial charge in [-0.3, -0.25) is 4.79 Å². The molecule has 21 heavy (non-hydrogen) atoms. The molecule has 0 saturated heterocycles. The molecule has 0 aliphatic heterocycles. The normalized spacial score (nSPS) is 22.0. The van der Waals surface area contributed by atoms with Crippen LogP contribution in [0.2, 0.25) is 0 Å². The minimum atomic E-state index is -0.163. The summed E-state index contributed by atoms with van der Waals surface area (Å²) in [4.78, 5) is 12.0. The number of hydrogen-bond donors (Lipinski definition) is 3. The van der Waals surface area contributed by atoms with Crippen LogP contribution in [0.1, 0.15) is 54.4 Å². The molecule has 1 amide bonds. The summed E-state index contributed by atoms with van der Waals surface area (Å²) in [5.74, 6) is 0.376. The highest BCUT2D eigenvalue weighted by molar-refractivity contribution is 5.94. The molecular formula is C17H25NO3. The van der Waals surface area contributed by atoms with Crippen molar-refractivity contribution in [3.63, 3.8) is 0 Å². The van der Waals surface area contributed by atoms with Crippen LogP contribution in [0, 0.1) is 12.8 Å². The van der Waals surface area contributed by atoms with E-state index in [0.717, 1.165) is 37.7 Å². The van der Waals surface area contributed by atoms with E-state index >= 15 is 0 Å². The lowest BCUT2D eigenvalue weighted by Gasteiger charge is -2.27. The number of nitrogens with one attached hydrogen (secondary N) is 1. The lowest BCUT2D eigenvalue weighted by Crippen LogP contribution is -2.27. The second kappa shape index (κ2) is 7.46. The van der Waals surface area contributed by atoms with Gasteiger partial charge in [0, 0.05) is 12.1 Å². The van der Waals surface area contributed by atoms with Crippen LogP contribution in [0.25, 0.3) is 0 Å². The van der Waals surface area contributed by atoms with E-state index in [0.29, 0.717) is 18.0 Å². The molecule has 2 atom stereocenters. The van der Waals surface area contributed by atoms with Crippen LogP contribution in [-0.2, 0) is 0 Å². The van der Waals surface area contributed by atoms with E-state index in [1.807, 2.05) is 0 Å². The zero-order valence-electron chi connectivity index (χ0n) is 12.6. The first-order valence-electron chi connectivity index (χ1n) is 7.84. The molecule has 1 aromatic rings. The van der Waals surface area contributed by atoms with Gasteiger partial charge in [-0.25, -0.2) is 0 Å². The number of phenolic OH excluding ortho intramolecular Hbond substituents is 1. The van der Waals surface area contributed by atoms with Crippen molar-refractivity contribution < 1.29 is 15.0 Å². The van der Waals surface area contributed by atoms with E-state index in [2.05, 4.69) is 5.32 Å². The third-order valence-electron chi connectivity index (χ3n) is 4.38. The van der Waals surface area contributed by atoms with Crippen molar-refractivity contribution in [3.05, 3.63) is 29.3 Å². The lowest BCUT2D eigenvalue weighted by atomic mass is 9.83. The lowest BCUT2D eigenvalue weighted by molar-refractivity contribution is 0.0641. The van der Waals surface area contributed by atoms with E-state index in [4.69, 9.17) is 0 Å². The van der Waals surface area contributed by atoms with Crippen LogP contribution in [0.3, 0.4) is 0 Å². The van der Waals surface area contributed by atoms with Crippen molar-refractivity contribution >= 4 is 5.91 Å². The maximum atomic E-state index is 12.0. The Morgan fingerprint density at radius 1 is 1.33 bits per heavy atom. The first-order chi connectivity index (χ1) is 10.1. The fourth-order valence-electron chi connectivity index (χ4n) is 2.94. The highest BCUT2D eigenvalue weighted by Crippen LogP contribution is 2.27. The average Bonchev–Trinajstić information content (AvgIpc) is 2.48. The second-order valence-corrected chi connectivity index (χ2v) is 6.01. The molecule has 0 spiro atoms. The molecule has 1 fully saturated rings. The molecule has 1 saturated carbocycles. The highest BCUT2D eigenvalue weighted by Gasteiger charge is 2.22. The number of aryl methyl sites for hydroxylation is 1. The van der Waals surface area contributed by atoms with Crippen LogP contribution < -0.4 is 5.32 Å². The molecule has 1 aliphatic carbocycles. The zero-order chi connectivity index (χ0) is 15.2. The summed E-state index contributed by atoms with van der Waals surface area (Å²) in [5, 5.41) is 22.4. The summed E-state index contributed by atoms with van der Waals surface area (Å²) in [6, 6.07) is 4.95. The molecule has 116 valence electrons. The molecule has 4 nitrogen and oxygen atoms in total. The summed E-state index contributed by atoms with van der Waals surface area (Å²) in [7, 11) is 0. The largest absolute Gasteiger partial charge is 0.508 e. The second-order valence-electron chi connectivity index (χ2n) is 6.01. The van der Waals surface area contributed by atoms with Gasteiger partial charge in [0.1, 0.15) is 5.75 Å². The van der Waals surface area contributed by atoms with Crippen molar-refractivity contribution in [1.82, 2.24) is 5.32 Å². The first kappa shape index (κ1) is 15.8. The Balaban J connectivity index is 1.72. The maximum Gasteiger partial charge on any atom is 0.251 e. The van der Waals surface area contributed by atoms with Gasteiger partial charge in [-0.1, -0.05) is 18.9 Å². The Morgan fingerprint density at radius 2 is 2.10 bits per heavy atom. The summed E-state index contributed by atoms with van der Waals surface area (Å²) in [5.41, 5.74) is 1.24. The van der Waals surface area contributed by atoms with Gasteiger partial charge in [-0.2, -0.15) is 0 Å². The number of aromatic hydroxyl groups is 1. The number of hydrogen-bond acceptors (Lipinski definition) is 3. The minimum Gasteiger partial charge on any atom is -0.508 e. The predicted octanol–water partition coefficient (Wildman–Crippen LogP) is 2.76. The quantitative estimate of drug-likeness (QED) is 0.731. The van der Waals surface area contributed by atoms with Crippen molar-refractivity contribution in [2.45, 2.75) is 51.6 Å². The number of aliphatic hydroxyl groups excluding tert-OH is 1. The number of carbonyl (C=O) groups is 1. The average molecular weight is 291 g/mol. The van der Waals surface area contributed by atoms with Crippen LogP contribution in [0.4, 0.5) is 0 Å². The van der Waals surface area contributed by atoms with Crippen molar-refractivity contribution in [3.8, 4) is 5.75 Å². The van der Waals surface area contributed by atoms with E-state index in [1.165, 1.54) is 12.5 Å². The fraction of sp³-hybridized carbons (Fsp3) is 0.588. The van der Waals surface area contributed by atoms with Crippen molar-refractivity contribution in [2.24, 2.45) is 5.92 Å². The Kier molecular flexibility index (Phi) is 5.62. The third-order valence-corrected chi connectivity index (χ3v) is 4.38. The van der Waals surface area contributed by atoms with Gasteiger partial charge in [0.2, 0.25) is 0 Å². The van der Waals surface area contributed by atoms with E-state index < -0.39 is 0 Å². The topological polar surface area (TPSA) is 69.6 Å². The monoisotopic (exact) mass is 291 g/mol. The molecule has 1 aliphatic rings. The van der Waals surface area contributed by atoms with E-state index in [1.54, 1.807) is 19.1 Å². The SMILES string of the molecule is Cc1ccc(C(=O)NCCCC2CCCCC2O)cc1O. The molecule has 0 radical (unpaired) electrons. The Morgan fingerprint density at radius 3 is 2.81 bits per heavy atom. The number of rotatable bonds is 5. The third kappa shape index (κ3) is 4.46. The number of phenols is 1. The summed E-state index contributed by atoms with van der Waals surface area (Å²) in [6.45, 7) is 2.41. The van der Waals surface area contributed by atoms with Crippen molar-refractivity contribution in [2.75, 3.05) is 6.54 Å². The highest BCUT2D eigenvalue weighted by atomic mass is 16.3. The van der Waals surface area contributed by atoms with Crippen LogP contribution in [-0.4, -0.2) is 28.8 Å². The molecule has 3 N–H and O–H groups in total. The standard InChI is InChI=1S/C17H25NO3/c1-12-8-9-14(11-16(12)20)17(21)18-10-4-6-13-5-2-3-7-15(13)19/h8-9,11,13,15,19-20H,2-7,10H2,1H3,(H,18,21). The molecule has 0 heterocycles. The molecule has 2 rings (SSSR count). The molecule has 0 bridgehead atoms. The molecule has 0 aromatic heterocycles. The minimum absolute atomic E-state index is 0.146. The van der Waals surface area contributed by atoms with Gasteiger partial charge >= 0.3 is 0 Å². The Hall–Kier alpha value is -1.55. The number of carbonyl (C=O) groups excluding carboxylic acids is 1. The van der Waals surface area contributed by atoms with Crippen LogP contribution in [0.15, 0.2) is 18.2 Å². The van der Waals surface area contributed by atoms with Crippen molar-refractivity contribution in [1.29, 1.82) is 0 Å². The predicted molar refractivity (Wildman–Crippen MR) is 82.4 cm³/mol. The number of aliphatic hydroxyl groups is 1. The van der Waals surface area contributed by atoms with E-state index in [9.17, 15) is 15.0 Å². The Bertz CT molecular complexity index is 487. The molecule has 1 aromatic carbocycles. The van der Waals surface area contributed by atoms with Gasteiger partial charge in [-0.15, -0.1) is 0 Å². The molecule has 4 heteroatoms. The van der Waals surface area contributed by atoms with Gasteiger partial charge in [0.15, 0.2) is 0 Å².